The summed E-state index contributed by atoms with van der Waals surface area (Å²) in [7, 11) is 0. The number of rotatable bonds is 2. The fraction of sp³-hybridized carbons (Fsp3) is 0.455. The monoisotopic (exact) mass is 258 g/mol. The van der Waals surface area contributed by atoms with Crippen LogP contribution < -0.4 is 11.1 Å². The molecule has 0 saturated carbocycles. The van der Waals surface area contributed by atoms with Crippen LogP contribution in [0.1, 0.15) is 24.0 Å². The van der Waals surface area contributed by atoms with E-state index in [-0.39, 0.29) is 5.92 Å². The molecule has 0 spiro atoms. The third-order valence-electron chi connectivity index (χ3n) is 3.26. The summed E-state index contributed by atoms with van der Waals surface area (Å²) < 4.78 is 0. The molecule has 1 saturated heterocycles. The van der Waals surface area contributed by atoms with Crippen molar-refractivity contribution in [1.82, 2.24) is 35.2 Å². The van der Waals surface area contributed by atoms with E-state index < -0.39 is 5.54 Å². The second-order valence-corrected chi connectivity index (χ2v) is 4.65. The van der Waals surface area contributed by atoms with E-state index in [2.05, 4.69) is 35.2 Å². The summed E-state index contributed by atoms with van der Waals surface area (Å²) in [6, 6.07) is 0. The van der Waals surface area contributed by atoms with Gasteiger partial charge in [0.25, 0.3) is 0 Å². The first-order chi connectivity index (χ1) is 9.28. The van der Waals surface area contributed by atoms with E-state index in [9.17, 15) is 0 Å². The molecule has 1 fully saturated rings. The number of hydrogen-bond acceptors (Lipinski definition) is 8. The normalized spacial score (nSPS) is 27.1. The van der Waals surface area contributed by atoms with E-state index in [4.69, 9.17) is 5.73 Å². The average Bonchev–Trinajstić information content (AvgIpc) is 2.49. The van der Waals surface area contributed by atoms with Gasteiger partial charge in [0.15, 0.2) is 5.82 Å². The van der Waals surface area contributed by atoms with Crippen LogP contribution >= 0.6 is 0 Å². The third-order valence-corrected chi connectivity index (χ3v) is 3.26. The zero-order valence-electron chi connectivity index (χ0n) is 10.3. The fourth-order valence-corrected chi connectivity index (χ4v) is 2.36. The van der Waals surface area contributed by atoms with Crippen molar-refractivity contribution in [3.63, 3.8) is 0 Å². The Kier molecular flexibility index (Phi) is 3.10. The first-order valence-corrected chi connectivity index (χ1v) is 6.02. The van der Waals surface area contributed by atoms with E-state index in [1.165, 1.54) is 25.3 Å². The van der Waals surface area contributed by atoms with Crippen molar-refractivity contribution in [3.05, 3.63) is 37.0 Å². The number of aromatic nitrogens is 6. The van der Waals surface area contributed by atoms with Crippen molar-refractivity contribution >= 4 is 0 Å². The van der Waals surface area contributed by atoms with Crippen molar-refractivity contribution in [2.75, 3.05) is 13.1 Å². The maximum Gasteiger partial charge on any atom is 0.153 e. The topological polar surface area (TPSA) is 115 Å². The lowest BCUT2D eigenvalue weighted by Gasteiger charge is -2.36. The Labute approximate surface area is 110 Å². The van der Waals surface area contributed by atoms with Gasteiger partial charge in [-0.05, 0) is 6.42 Å². The van der Waals surface area contributed by atoms with E-state index in [1.807, 2.05) is 0 Å². The van der Waals surface area contributed by atoms with Gasteiger partial charge in [0.2, 0.25) is 0 Å². The molecule has 2 aromatic rings. The zero-order chi connectivity index (χ0) is 13.1. The molecule has 0 radical (unpaired) electrons. The van der Waals surface area contributed by atoms with Gasteiger partial charge in [-0.1, -0.05) is 0 Å². The molecular weight excluding hydrogens is 244 g/mol. The highest BCUT2D eigenvalue weighted by atomic mass is 15.1. The maximum absolute atomic E-state index is 6.42. The van der Waals surface area contributed by atoms with E-state index in [1.54, 1.807) is 0 Å². The summed E-state index contributed by atoms with van der Waals surface area (Å²) in [6.45, 7) is 1.41. The fourth-order valence-electron chi connectivity index (χ4n) is 2.36. The number of piperidine rings is 1. The van der Waals surface area contributed by atoms with Crippen LogP contribution in [0.4, 0.5) is 0 Å². The van der Waals surface area contributed by atoms with Crippen molar-refractivity contribution in [1.29, 1.82) is 0 Å². The Bertz CT molecular complexity index is 533. The smallest absolute Gasteiger partial charge is 0.153 e. The average molecular weight is 258 g/mol. The predicted molar refractivity (Wildman–Crippen MR) is 65.7 cm³/mol. The van der Waals surface area contributed by atoms with Crippen LogP contribution in [0.25, 0.3) is 0 Å². The molecule has 3 rings (SSSR count). The maximum atomic E-state index is 6.42. The minimum atomic E-state index is -0.627. The standard InChI is InChI=1S/C11H14N8/c12-11(10-18-6-15-7-19-10)1-8(2-13-3-11)9-16-4-14-5-17-9/h4-8,13H,1-3,12H2. The first-order valence-electron chi connectivity index (χ1n) is 6.02. The second kappa shape index (κ2) is 4.90. The SMILES string of the molecule is NC1(c2ncncn2)CNCC(c2ncncn2)C1. The molecule has 3 N–H and O–H groups in total. The summed E-state index contributed by atoms with van der Waals surface area (Å²) in [6.07, 6.45) is 6.61. The molecule has 0 aliphatic carbocycles. The Morgan fingerprint density at radius 1 is 1.05 bits per heavy atom. The number of nitrogens with two attached hydrogens (primary N) is 1. The summed E-state index contributed by atoms with van der Waals surface area (Å²) in [4.78, 5) is 24.4. The highest BCUT2D eigenvalue weighted by molar-refractivity contribution is 5.12. The van der Waals surface area contributed by atoms with Gasteiger partial charge < -0.3 is 11.1 Å². The second-order valence-electron chi connectivity index (χ2n) is 4.65. The highest BCUT2D eigenvalue weighted by Gasteiger charge is 2.38. The minimum Gasteiger partial charge on any atom is -0.318 e. The largest absolute Gasteiger partial charge is 0.318 e. The molecule has 0 bridgehead atoms. The quantitative estimate of drug-likeness (QED) is 0.703. The van der Waals surface area contributed by atoms with Crippen molar-refractivity contribution in [2.45, 2.75) is 17.9 Å². The first kappa shape index (κ1) is 12.0. The molecule has 8 heteroatoms. The Hall–Kier alpha value is -2.06. The van der Waals surface area contributed by atoms with Crippen molar-refractivity contribution < 1.29 is 0 Å². The van der Waals surface area contributed by atoms with Gasteiger partial charge in [0.05, 0.1) is 5.54 Å². The van der Waals surface area contributed by atoms with Gasteiger partial charge in [-0.3, -0.25) is 0 Å². The lowest BCUT2D eigenvalue weighted by atomic mass is 9.83. The van der Waals surface area contributed by atoms with Gasteiger partial charge in [0.1, 0.15) is 31.1 Å². The lowest BCUT2D eigenvalue weighted by Crippen LogP contribution is -2.53. The third kappa shape index (κ3) is 2.40. The molecule has 8 nitrogen and oxygen atoms in total. The molecule has 3 heterocycles. The van der Waals surface area contributed by atoms with Gasteiger partial charge in [-0.2, -0.15) is 0 Å². The van der Waals surface area contributed by atoms with Gasteiger partial charge in [0, 0.05) is 19.0 Å². The Morgan fingerprint density at radius 3 is 2.37 bits per heavy atom. The molecule has 2 atom stereocenters. The van der Waals surface area contributed by atoms with E-state index >= 15 is 0 Å². The number of hydrogen-bond donors (Lipinski definition) is 2. The molecule has 0 aromatic carbocycles. The molecule has 2 aromatic heterocycles. The van der Waals surface area contributed by atoms with Crippen LogP contribution in [-0.2, 0) is 5.54 Å². The van der Waals surface area contributed by atoms with Crippen LogP contribution in [-0.4, -0.2) is 43.0 Å². The Morgan fingerprint density at radius 2 is 1.68 bits per heavy atom. The van der Waals surface area contributed by atoms with Crippen LogP contribution in [0, 0.1) is 0 Å². The molecular formula is C11H14N8. The van der Waals surface area contributed by atoms with E-state index in [0.717, 1.165) is 12.4 Å². The molecule has 19 heavy (non-hydrogen) atoms. The predicted octanol–water partition coefficient (Wildman–Crippen LogP) is -1.01. The van der Waals surface area contributed by atoms with Crippen molar-refractivity contribution in [3.8, 4) is 0 Å². The van der Waals surface area contributed by atoms with Crippen LogP contribution in [0.15, 0.2) is 25.3 Å². The number of nitrogens with zero attached hydrogens (tertiary/aromatic N) is 6. The summed E-state index contributed by atoms with van der Waals surface area (Å²) >= 11 is 0. The zero-order valence-corrected chi connectivity index (χ0v) is 10.3. The molecule has 2 unspecified atom stereocenters. The molecule has 0 amide bonds. The Balaban J connectivity index is 1.86. The van der Waals surface area contributed by atoms with Gasteiger partial charge in [-0.25, -0.2) is 29.9 Å². The van der Waals surface area contributed by atoms with Crippen LogP contribution in [0.5, 0.6) is 0 Å². The lowest BCUT2D eigenvalue weighted by molar-refractivity contribution is 0.272. The van der Waals surface area contributed by atoms with Crippen LogP contribution in [0.3, 0.4) is 0 Å². The highest BCUT2D eigenvalue weighted by Crippen LogP contribution is 2.30. The molecule has 1 aliphatic rings. The summed E-state index contributed by atoms with van der Waals surface area (Å²) in [5.74, 6) is 1.46. The van der Waals surface area contributed by atoms with E-state index in [0.29, 0.717) is 18.8 Å². The molecule has 98 valence electrons. The summed E-state index contributed by atoms with van der Waals surface area (Å²) in [5, 5.41) is 3.30. The van der Waals surface area contributed by atoms with Gasteiger partial charge >= 0.3 is 0 Å². The van der Waals surface area contributed by atoms with Crippen LogP contribution in [0.2, 0.25) is 0 Å². The molecule has 1 aliphatic heterocycles. The van der Waals surface area contributed by atoms with Crippen molar-refractivity contribution in [2.24, 2.45) is 5.73 Å². The minimum absolute atomic E-state index is 0.124. The number of nitrogens with one attached hydrogen (secondary N) is 1. The summed E-state index contributed by atoms with van der Waals surface area (Å²) in [5.41, 5.74) is 5.80. The van der Waals surface area contributed by atoms with Gasteiger partial charge in [-0.15, -0.1) is 0 Å².